The number of benzene rings is 1. The molecule has 2 aromatic heterocycles. The highest BCUT2D eigenvalue weighted by Gasteiger charge is 2.26. The van der Waals surface area contributed by atoms with Gasteiger partial charge in [-0.05, 0) is 22.8 Å². The van der Waals surface area contributed by atoms with Gasteiger partial charge in [0.05, 0.1) is 30.9 Å². The Bertz CT molecular complexity index is 1190. The van der Waals surface area contributed by atoms with Crippen molar-refractivity contribution >= 4 is 15.7 Å². The van der Waals surface area contributed by atoms with Crippen molar-refractivity contribution in [1.82, 2.24) is 13.7 Å². The van der Waals surface area contributed by atoms with E-state index in [4.69, 9.17) is 4.74 Å². The van der Waals surface area contributed by atoms with Crippen molar-refractivity contribution in [3.8, 4) is 11.1 Å². The number of halogens is 1. The summed E-state index contributed by atoms with van der Waals surface area (Å²) in [6.07, 6.45) is 3.70. The first-order valence-corrected chi connectivity index (χ1v) is 10.6. The Kier molecular flexibility index (Phi) is 3.65. The lowest BCUT2D eigenvalue weighted by Crippen LogP contribution is -2.23. The molecule has 0 atom stereocenters. The van der Waals surface area contributed by atoms with E-state index in [1.54, 1.807) is 6.20 Å². The molecule has 0 spiro atoms. The fourth-order valence-corrected chi connectivity index (χ4v) is 4.58. The van der Waals surface area contributed by atoms with Gasteiger partial charge >= 0.3 is 0 Å². The lowest BCUT2D eigenvalue weighted by molar-refractivity contribution is 0.106. The van der Waals surface area contributed by atoms with E-state index in [2.05, 4.69) is 4.98 Å². The first kappa shape index (κ1) is 16.9. The van der Waals surface area contributed by atoms with Crippen LogP contribution in [0.3, 0.4) is 0 Å². The minimum atomic E-state index is -3.25. The van der Waals surface area contributed by atoms with Gasteiger partial charge in [0.2, 0.25) is 10.0 Å². The van der Waals surface area contributed by atoms with Crippen molar-refractivity contribution in [1.29, 1.82) is 0 Å². The van der Waals surface area contributed by atoms with Crippen LogP contribution in [0.2, 0.25) is 0 Å². The third kappa shape index (κ3) is 2.75. The largest absolute Gasteiger partial charge is 0.375 e. The van der Waals surface area contributed by atoms with Crippen LogP contribution in [-0.4, -0.2) is 35.0 Å². The van der Waals surface area contributed by atoms with Gasteiger partial charge in [-0.25, -0.2) is 17.8 Å². The average molecular weight is 387 g/mol. The molecule has 2 aliphatic rings. The highest BCUT2D eigenvalue weighted by Crippen LogP contribution is 2.32. The highest BCUT2D eigenvalue weighted by molar-refractivity contribution is 7.88. The van der Waals surface area contributed by atoms with E-state index < -0.39 is 10.0 Å². The molecule has 0 aliphatic carbocycles. The molecule has 4 heterocycles. The van der Waals surface area contributed by atoms with Crippen LogP contribution in [0.1, 0.15) is 22.5 Å². The molecule has 1 aromatic carbocycles. The summed E-state index contributed by atoms with van der Waals surface area (Å²) in [5, 5.41) is 0. The summed E-state index contributed by atoms with van der Waals surface area (Å²) in [5.41, 5.74) is 5.55. The second kappa shape index (κ2) is 5.85. The molecule has 5 rings (SSSR count). The van der Waals surface area contributed by atoms with Crippen molar-refractivity contribution in [3.05, 3.63) is 58.8 Å². The smallest absolute Gasteiger partial charge is 0.211 e. The Balaban J connectivity index is 1.60. The van der Waals surface area contributed by atoms with Crippen molar-refractivity contribution in [2.45, 2.75) is 26.1 Å². The molecule has 6 nitrogen and oxygen atoms in total. The van der Waals surface area contributed by atoms with Crippen LogP contribution in [0.15, 0.2) is 30.5 Å². The number of sulfonamides is 1. The van der Waals surface area contributed by atoms with Gasteiger partial charge in [-0.3, -0.25) is 0 Å². The molecule has 0 saturated heterocycles. The normalized spacial score (nSPS) is 17.3. The summed E-state index contributed by atoms with van der Waals surface area (Å²) in [7, 11) is -3.25. The number of imidazole rings is 1. The van der Waals surface area contributed by atoms with Gasteiger partial charge in [-0.15, -0.1) is 0 Å². The zero-order valence-corrected chi connectivity index (χ0v) is 15.6. The number of hydrogen-bond acceptors (Lipinski definition) is 4. The van der Waals surface area contributed by atoms with E-state index >= 15 is 0 Å². The molecule has 0 radical (unpaired) electrons. The molecule has 0 N–H and O–H groups in total. The third-order valence-electron chi connectivity index (χ3n) is 5.29. The maximum Gasteiger partial charge on any atom is 0.211 e. The summed E-state index contributed by atoms with van der Waals surface area (Å²) in [6.45, 7) is 1.78. The van der Waals surface area contributed by atoms with Crippen LogP contribution in [0.5, 0.6) is 0 Å². The minimum Gasteiger partial charge on any atom is -0.375 e. The molecule has 0 unspecified atom stereocenters. The molecular formula is C19H18FN3O3S. The summed E-state index contributed by atoms with van der Waals surface area (Å²) >= 11 is 0. The Morgan fingerprint density at radius 3 is 2.81 bits per heavy atom. The predicted molar refractivity (Wildman–Crippen MR) is 98.0 cm³/mol. The summed E-state index contributed by atoms with van der Waals surface area (Å²) in [4.78, 5) is 4.51. The van der Waals surface area contributed by atoms with Crippen LogP contribution in [0.25, 0.3) is 16.8 Å². The van der Waals surface area contributed by atoms with E-state index in [0.717, 1.165) is 34.5 Å². The molecule has 0 bridgehead atoms. The Morgan fingerprint density at radius 2 is 2.00 bits per heavy atom. The number of fused-ring (bicyclic) bond motifs is 4. The molecule has 0 saturated carbocycles. The lowest BCUT2D eigenvalue weighted by atomic mass is 10.0. The minimum absolute atomic E-state index is 0.320. The number of nitrogens with zero attached hydrogens (tertiary/aromatic N) is 3. The quantitative estimate of drug-likeness (QED) is 0.678. The third-order valence-corrected chi connectivity index (χ3v) is 6.49. The maximum atomic E-state index is 14.8. The van der Waals surface area contributed by atoms with Crippen molar-refractivity contribution in [2.24, 2.45) is 0 Å². The Morgan fingerprint density at radius 1 is 1.19 bits per heavy atom. The summed E-state index contributed by atoms with van der Waals surface area (Å²) in [6, 6.07) is 7.05. The van der Waals surface area contributed by atoms with Crippen LogP contribution >= 0.6 is 0 Å². The second-order valence-electron chi connectivity index (χ2n) is 7.09. The van der Waals surface area contributed by atoms with E-state index in [0.29, 0.717) is 37.5 Å². The van der Waals surface area contributed by atoms with E-state index in [9.17, 15) is 12.8 Å². The average Bonchev–Trinajstić information content (AvgIpc) is 3.21. The van der Waals surface area contributed by atoms with Crippen LogP contribution in [-0.2, 0) is 40.9 Å². The van der Waals surface area contributed by atoms with Gasteiger partial charge in [-0.1, -0.05) is 12.1 Å². The molecule has 140 valence electrons. The molecule has 0 fully saturated rings. The molecule has 8 heteroatoms. The second-order valence-corrected chi connectivity index (χ2v) is 9.07. The SMILES string of the molecule is CS(=O)(=O)N1Cc2ccc(-c3cn4c5c(nc4cc3F)CCOC5)cc2C1. The van der Waals surface area contributed by atoms with Gasteiger partial charge in [0.1, 0.15) is 11.5 Å². The Hall–Kier alpha value is -2.29. The van der Waals surface area contributed by atoms with Gasteiger partial charge in [-0.2, -0.15) is 4.31 Å². The summed E-state index contributed by atoms with van der Waals surface area (Å²) < 4.78 is 47.3. The number of aromatic nitrogens is 2. The zero-order valence-electron chi connectivity index (χ0n) is 14.8. The maximum absolute atomic E-state index is 14.8. The number of pyridine rings is 1. The van der Waals surface area contributed by atoms with Gasteiger partial charge in [0, 0.05) is 37.3 Å². The molecule has 27 heavy (non-hydrogen) atoms. The number of rotatable bonds is 2. The fourth-order valence-electron chi connectivity index (χ4n) is 3.83. The van der Waals surface area contributed by atoms with Crippen molar-refractivity contribution in [3.63, 3.8) is 0 Å². The first-order chi connectivity index (χ1) is 12.9. The lowest BCUT2D eigenvalue weighted by Gasteiger charge is -2.12. The van der Waals surface area contributed by atoms with Gasteiger partial charge in [0.25, 0.3) is 0 Å². The van der Waals surface area contributed by atoms with E-state index in [1.165, 1.54) is 16.6 Å². The molecule has 0 amide bonds. The van der Waals surface area contributed by atoms with Gasteiger partial charge < -0.3 is 9.14 Å². The topological polar surface area (TPSA) is 63.9 Å². The molecule has 2 aliphatic heterocycles. The van der Waals surface area contributed by atoms with Crippen LogP contribution in [0.4, 0.5) is 4.39 Å². The number of ether oxygens (including phenoxy) is 1. The zero-order chi connectivity index (χ0) is 18.8. The highest BCUT2D eigenvalue weighted by atomic mass is 32.2. The van der Waals surface area contributed by atoms with Crippen LogP contribution in [0, 0.1) is 5.82 Å². The Labute approximate surface area is 156 Å². The van der Waals surface area contributed by atoms with E-state index in [-0.39, 0.29) is 5.82 Å². The molecular weight excluding hydrogens is 369 g/mol. The predicted octanol–water partition coefficient (Wildman–Crippen LogP) is 2.49. The van der Waals surface area contributed by atoms with Crippen molar-refractivity contribution < 1.29 is 17.5 Å². The monoisotopic (exact) mass is 387 g/mol. The fraction of sp³-hybridized carbons (Fsp3) is 0.316. The number of hydrogen-bond donors (Lipinski definition) is 0. The van der Waals surface area contributed by atoms with Crippen molar-refractivity contribution in [2.75, 3.05) is 12.9 Å². The molecule has 3 aromatic rings. The standard InChI is InChI=1S/C19H18FN3O3S/c1-27(24,25)22-8-13-3-2-12(6-14(13)9-22)15-10-23-18-11-26-5-4-17(18)21-19(23)7-16(15)20/h2-3,6-7,10H,4-5,8-9,11H2,1H3. The van der Waals surface area contributed by atoms with Gasteiger partial charge in [0.15, 0.2) is 0 Å². The van der Waals surface area contributed by atoms with E-state index in [1.807, 2.05) is 22.6 Å². The van der Waals surface area contributed by atoms with Crippen LogP contribution < -0.4 is 0 Å². The summed E-state index contributed by atoms with van der Waals surface area (Å²) in [5.74, 6) is -0.344. The first-order valence-electron chi connectivity index (χ1n) is 8.74.